The summed E-state index contributed by atoms with van der Waals surface area (Å²) >= 11 is 0. The van der Waals surface area contributed by atoms with E-state index in [-0.39, 0.29) is 19.1 Å². The first-order valence-corrected chi connectivity index (χ1v) is 8.78. The zero-order valence-electron chi connectivity index (χ0n) is 15.8. The minimum Gasteiger partial charge on any atom is -0.497 e. The van der Waals surface area contributed by atoms with E-state index in [1.165, 1.54) is 7.11 Å². The van der Waals surface area contributed by atoms with Crippen molar-refractivity contribution in [2.24, 2.45) is 0 Å². The Morgan fingerprint density at radius 3 is 2.76 bits per heavy atom. The van der Waals surface area contributed by atoms with E-state index in [4.69, 9.17) is 28.2 Å². The second-order valence-corrected chi connectivity index (χ2v) is 6.05. The molecule has 0 N–H and O–H groups in total. The molecule has 0 aliphatic carbocycles. The highest BCUT2D eigenvalue weighted by molar-refractivity contribution is 5.76. The van der Waals surface area contributed by atoms with Crippen molar-refractivity contribution in [2.45, 2.75) is 12.7 Å². The number of methoxy groups -OCH3 is 2. The molecular weight excluding hydrogens is 380 g/mol. The van der Waals surface area contributed by atoms with Crippen molar-refractivity contribution in [3.8, 4) is 34.4 Å². The van der Waals surface area contributed by atoms with Gasteiger partial charge in [0.2, 0.25) is 11.9 Å². The number of esters is 1. The number of hydrogen-bond donors (Lipinski definition) is 0. The van der Waals surface area contributed by atoms with Gasteiger partial charge in [-0.15, -0.1) is 0 Å². The van der Waals surface area contributed by atoms with Gasteiger partial charge >= 0.3 is 5.97 Å². The predicted molar refractivity (Wildman–Crippen MR) is 99.0 cm³/mol. The maximum atomic E-state index is 12.3. The largest absolute Gasteiger partial charge is 0.497 e. The van der Waals surface area contributed by atoms with Gasteiger partial charge in [-0.25, -0.2) is 4.79 Å². The van der Waals surface area contributed by atoms with Gasteiger partial charge in [-0.3, -0.25) is 0 Å². The molecule has 3 aromatic rings. The van der Waals surface area contributed by atoms with E-state index in [0.29, 0.717) is 34.4 Å². The number of fused-ring (bicyclic) bond motifs is 1. The Morgan fingerprint density at radius 2 is 1.97 bits per heavy atom. The van der Waals surface area contributed by atoms with E-state index in [2.05, 4.69) is 10.1 Å². The average molecular weight is 398 g/mol. The van der Waals surface area contributed by atoms with E-state index in [1.54, 1.807) is 43.5 Å². The molecule has 1 aliphatic heterocycles. The van der Waals surface area contributed by atoms with Gasteiger partial charge in [0.1, 0.15) is 18.1 Å². The SMILES string of the molecule is COc1ccc(-c2noc(COC(=O)[C@H]3COc4ccccc4O3)n2)c(OC)c1. The minimum absolute atomic E-state index is 0.0635. The molecule has 150 valence electrons. The molecule has 0 saturated carbocycles. The molecule has 4 rings (SSSR count). The van der Waals surface area contributed by atoms with Gasteiger partial charge in [0.15, 0.2) is 18.1 Å². The molecule has 0 fully saturated rings. The first-order valence-electron chi connectivity index (χ1n) is 8.78. The fraction of sp³-hybridized carbons (Fsp3) is 0.250. The van der Waals surface area contributed by atoms with Crippen LogP contribution in [0.3, 0.4) is 0 Å². The van der Waals surface area contributed by atoms with E-state index < -0.39 is 12.1 Å². The fourth-order valence-electron chi connectivity index (χ4n) is 2.77. The summed E-state index contributed by atoms with van der Waals surface area (Å²) in [7, 11) is 3.10. The summed E-state index contributed by atoms with van der Waals surface area (Å²) < 4.78 is 32.0. The Kier molecular flexibility index (Phi) is 5.19. The molecule has 0 spiro atoms. The van der Waals surface area contributed by atoms with Crippen molar-refractivity contribution in [3.05, 3.63) is 48.4 Å². The predicted octanol–water partition coefficient (Wildman–Crippen LogP) is 2.64. The Bertz CT molecular complexity index is 1020. The fourth-order valence-corrected chi connectivity index (χ4v) is 2.77. The molecule has 0 amide bonds. The van der Waals surface area contributed by atoms with Gasteiger partial charge in [-0.05, 0) is 24.3 Å². The third-order valence-corrected chi connectivity index (χ3v) is 4.23. The smallest absolute Gasteiger partial charge is 0.351 e. The molecule has 0 saturated heterocycles. The normalized spacial score (nSPS) is 14.9. The monoisotopic (exact) mass is 398 g/mol. The molecule has 0 unspecified atom stereocenters. The van der Waals surface area contributed by atoms with Crippen LogP contribution in [0.4, 0.5) is 0 Å². The third-order valence-electron chi connectivity index (χ3n) is 4.23. The summed E-state index contributed by atoms with van der Waals surface area (Å²) in [5.74, 6) is 2.12. The molecule has 2 aromatic carbocycles. The lowest BCUT2D eigenvalue weighted by Crippen LogP contribution is -2.37. The van der Waals surface area contributed by atoms with Crippen LogP contribution in [0, 0.1) is 0 Å². The number of hydrogen-bond acceptors (Lipinski definition) is 9. The summed E-state index contributed by atoms with van der Waals surface area (Å²) in [5, 5.41) is 3.92. The van der Waals surface area contributed by atoms with Crippen LogP contribution in [0.25, 0.3) is 11.4 Å². The Morgan fingerprint density at radius 1 is 1.14 bits per heavy atom. The lowest BCUT2D eigenvalue weighted by molar-refractivity contribution is -0.156. The van der Waals surface area contributed by atoms with E-state index >= 15 is 0 Å². The van der Waals surface area contributed by atoms with Crippen LogP contribution in [0.1, 0.15) is 5.89 Å². The molecular formula is C20H18N2O7. The molecule has 29 heavy (non-hydrogen) atoms. The number of ether oxygens (including phenoxy) is 5. The van der Waals surface area contributed by atoms with E-state index in [0.717, 1.165) is 0 Å². The topological polar surface area (TPSA) is 102 Å². The van der Waals surface area contributed by atoms with Crippen LogP contribution >= 0.6 is 0 Å². The van der Waals surface area contributed by atoms with Gasteiger partial charge in [-0.1, -0.05) is 17.3 Å². The zero-order valence-corrected chi connectivity index (χ0v) is 15.8. The minimum atomic E-state index is -0.867. The van der Waals surface area contributed by atoms with Crippen LogP contribution in [0.5, 0.6) is 23.0 Å². The second kappa shape index (κ2) is 8.09. The highest BCUT2D eigenvalue weighted by atomic mass is 16.6. The van der Waals surface area contributed by atoms with Crippen molar-refractivity contribution < 1.29 is 33.0 Å². The van der Waals surface area contributed by atoms with Crippen LogP contribution in [-0.2, 0) is 16.1 Å². The number of benzene rings is 2. The standard InChI is InChI=1S/C20H18N2O7/c1-24-12-7-8-13(16(9-12)25-2)19-21-18(29-22-19)11-27-20(23)17-10-26-14-5-3-4-6-15(14)28-17/h3-9,17H,10-11H2,1-2H3/t17-/m1/s1. The summed E-state index contributed by atoms with van der Waals surface area (Å²) in [6.07, 6.45) is -0.867. The van der Waals surface area contributed by atoms with Crippen molar-refractivity contribution in [2.75, 3.05) is 20.8 Å². The van der Waals surface area contributed by atoms with Gasteiger partial charge < -0.3 is 28.2 Å². The van der Waals surface area contributed by atoms with Crippen molar-refractivity contribution in [1.29, 1.82) is 0 Å². The highest BCUT2D eigenvalue weighted by Gasteiger charge is 2.29. The first kappa shape index (κ1) is 18.6. The maximum Gasteiger partial charge on any atom is 0.351 e. The number of para-hydroxylation sites is 2. The molecule has 2 heterocycles. The molecule has 1 aromatic heterocycles. The molecule has 9 nitrogen and oxygen atoms in total. The molecule has 0 bridgehead atoms. The number of aromatic nitrogens is 2. The van der Waals surface area contributed by atoms with Crippen molar-refractivity contribution in [1.82, 2.24) is 10.1 Å². The summed E-state index contributed by atoms with van der Waals surface area (Å²) in [4.78, 5) is 16.5. The zero-order chi connectivity index (χ0) is 20.2. The lowest BCUT2D eigenvalue weighted by Gasteiger charge is -2.24. The number of carbonyl (C=O) groups is 1. The molecule has 0 radical (unpaired) electrons. The Labute approximate surface area is 166 Å². The quantitative estimate of drug-likeness (QED) is 0.580. The van der Waals surface area contributed by atoms with E-state index in [1.807, 2.05) is 6.07 Å². The van der Waals surface area contributed by atoms with Crippen LogP contribution in [0.15, 0.2) is 47.0 Å². The van der Waals surface area contributed by atoms with Gasteiger partial charge in [-0.2, -0.15) is 4.98 Å². The van der Waals surface area contributed by atoms with Gasteiger partial charge in [0, 0.05) is 6.07 Å². The van der Waals surface area contributed by atoms with E-state index in [9.17, 15) is 4.79 Å². The first-order chi connectivity index (χ1) is 14.2. The number of rotatable bonds is 6. The summed E-state index contributed by atoms with van der Waals surface area (Å²) in [6, 6.07) is 12.3. The van der Waals surface area contributed by atoms with Crippen molar-refractivity contribution in [3.63, 3.8) is 0 Å². The number of carbonyl (C=O) groups excluding carboxylic acids is 1. The second-order valence-electron chi connectivity index (χ2n) is 6.05. The molecule has 1 aliphatic rings. The lowest BCUT2D eigenvalue weighted by atomic mass is 10.2. The van der Waals surface area contributed by atoms with Gasteiger partial charge in [0.05, 0.1) is 19.8 Å². The molecule has 9 heteroatoms. The highest BCUT2D eigenvalue weighted by Crippen LogP contribution is 2.32. The van der Waals surface area contributed by atoms with Crippen molar-refractivity contribution >= 4 is 5.97 Å². The summed E-state index contributed by atoms with van der Waals surface area (Å²) in [6.45, 7) is -0.125. The summed E-state index contributed by atoms with van der Waals surface area (Å²) in [5.41, 5.74) is 0.621. The molecule has 1 atom stereocenters. The number of nitrogens with zero attached hydrogens (tertiary/aromatic N) is 2. The van der Waals surface area contributed by atoms with Crippen LogP contribution < -0.4 is 18.9 Å². The third kappa shape index (κ3) is 3.93. The maximum absolute atomic E-state index is 12.3. The van der Waals surface area contributed by atoms with Crippen LogP contribution in [-0.4, -0.2) is 43.0 Å². The van der Waals surface area contributed by atoms with Crippen LogP contribution in [0.2, 0.25) is 0 Å². The Balaban J connectivity index is 1.39. The Hall–Kier alpha value is -3.75. The van der Waals surface area contributed by atoms with Gasteiger partial charge in [0.25, 0.3) is 5.89 Å². The average Bonchev–Trinajstić information content (AvgIpc) is 3.25.